The summed E-state index contributed by atoms with van der Waals surface area (Å²) in [7, 11) is 1.63. The van der Waals surface area contributed by atoms with E-state index in [0.29, 0.717) is 13.0 Å². The first-order valence-electron chi connectivity index (χ1n) is 9.82. The third kappa shape index (κ3) is 4.85. The Morgan fingerprint density at radius 1 is 0.828 bits per heavy atom. The van der Waals surface area contributed by atoms with E-state index in [9.17, 15) is 10.2 Å². The number of aliphatic hydroxyl groups excluding tert-OH is 2. The molecule has 0 heterocycles. The fourth-order valence-electron chi connectivity index (χ4n) is 3.77. The van der Waals surface area contributed by atoms with Gasteiger partial charge in [-0.2, -0.15) is 0 Å². The van der Waals surface area contributed by atoms with Crippen LogP contribution in [0.4, 0.5) is 0 Å². The quantitative estimate of drug-likeness (QED) is 0.541. The maximum atomic E-state index is 10.6. The van der Waals surface area contributed by atoms with Crippen molar-refractivity contribution in [2.24, 2.45) is 0 Å². The van der Waals surface area contributed by atoms with Gasteiger partial charge in [0.2, 0.25) is 0 Å². The zero-order valence-electron chi connectivity index (χ0n) is 16.7. The van der Waals surface area contributed by atoms with Gasteiger partial charge in [0.15, 0.2) is 0 Å². The van der Waals surface area contributed by atoms with Gasteiger partial charge < -0.3 is 19.7 Å². The molecular weight excluding hydrogens is 364 g/mol. The molecule has 3 aromatic carbocycles. The van der Waals surface area contributed by atoms with Crippen molar-refractivity contribution >= 4 is 0 Å². The summed E-state index contributed by atoms with van der Waals surface area (Å²) >= 11 is 0. The molecule has 0 aliphatic rings. The molecule has 0 saturated carbocycles. The molecule has 0 saturated heterocycles. The minimum absolute atomic E-state index is 0.0139. The van der Waals surface area contributed by atoms with Gasteiger partial charge in [-0.25, -0.2) is 0 Å². The molecule has 152 valence electrons. The van der Waals surface area contributed by atoms with Gasteiger partial charge in [0.25, 0.3) is 0 Å². The number of benzene rings is 3. The van der Waals surface area contributed by atoms with Crippen LogP contribution in [-0.2, 0) is 16.9 Å². The summed E-state index contributed by atoms with van der Waals surface area (Å²) in [6, 6.07) is 27.4. The Balaban J connectivity index is 2.04. The molecule has 0 radical (unpaired) electrons. The van der Waals surface area contributed by atoms with Crippen molar-refractivity contribution in [2.45, 2.75) is 24.5 Å². The number of rotatable bonds is 10. The van der Waals surface area contributed by atoms with Crippen LogP contribution in [-0.4, -0.2) is 30.5 Å². The smallest absolute Gasteiger partial charge is 0.123 e. The van der Waals surface area contributed by atoms with E-state index in [2.05, 4.69) is 0 Å². The summed E-state index contributed by atoms with van der Waals surface area (Å²) in [4.78, 5) is 0. The first-order chi connectivity index (χ1) is 14.2. The lowest BCUT2D eigenvalue weighted by Gasteiger charge is -2.40. The normalized spacial score (nSPS) is 14.2. The van der Waals surface area contributed by atoms with Gasteiger partial charge in [0, 0.05) is 12.5 Å². The second kappa shape index (κ2) is 10.2. The van der Waals surface area contributed by atoms with Crippen LogP contribution in [0.5, 0.6) is 5.75 Å². The Labute approximate surface area is 172 Å². The number of ether oxygens (including phenoxy) is 2. The van der Waals surface area contributed by atoms with Gasteiger partial charge in [-0.15, -0.1) is 0 Å². The van der Waals surface area contributed by atoms with Gasteiger partial charge in [0.1, 0.15) is 11.4 Å². The van der Waals surface area contributed by atoms with Crippen LogP contribution in [0.25, 0.3) is 0 Å². The van der Waals surface area contributed by atoms with Crippen LogP contribution in [0.15, 0.2) is 84.9 Å². The maximum Gasteiger partial charge on any atom is 0.123 e. The molecule has 0 aliphatic heterocycles. The summed E-state index contributed by atoms with van der Waals surface area (Å²) in [5.41, 5.74) is 1.89. The molecular formula is C25H28O4. The highest BCUT2D eigenvalue weighted by atomic mass is 16.5. The molecule has 0 spiro atoms. The van der Waals surface area contributed by atoms with Gasteiger partial charge in [-0.3, -0.25) is 0 Å². The van der Waals surface area contributed by atoms with Gasteiger partial charge in [-0.1, -0.05) is 72.8 Å². The van der Waals surface area contributed by atoms with Crippen molar-refractivity contribution in [1.29, 1.82) is 0 Å². The van der Waals surface area contributed by atoms with Crippen LogP contribution < -0.4 is 4.74 Å². The van der Waals surface area contributed by atoms with Gasteiger partial charge >= 0.3 is 0 Å². The van der Waals surface area contributed by atoms with Gasteiger partial charge in [-0.05, 0) is 35.2 Å². The SMILES string of the molecule is COc1ccc([C@H](CCO)[C@](CO)(OCc2ccccc2)c2ccccc2)cc1. The fraction of sp³-hybridized carbons (Fsp3) is 0.280. The van der Waals surface area contributed by atoms with Crippen molar-refractivity contribution in [1.82, 2.24) is 0 Å². The Morgan fingerprint density at radius 3 is 2.00 bits per heavy atom. The summed E-state index contributed by atoms with van der Waals surface area (Å²) < 4.78 is 11.8. The van der Waals surface area contributed by atoms with Crippen molar-refractivity contribution in [3.63, 3.8) is 0 Å². The molecule has 0 bridgehead atoms. The zero-order chi connectivity index (χ0) is 20.5. The summed E-state index contributed by atoms with van der Waals surface area (Å²) in [5, 5.41) is 20.5. The van der Waals surface area contributed by atoms with E-state index < -0.39 is 5.60 Å². The van der Waals surface area contributed by atoms with Crippen molar-refractivity contribution in [2.75, 3.05) is 20.3 Å². The summed E-state index contributed by atoms with van der Waals surface area (Å²) in [5.74, 6) is 0.519. The molecule has 3 rings (SSSR count). The third-order valence-corrected chi connectivity index (χ3v) is 5.34. The standard InChI is InChI=1S/C25H28O4/c1-28-23-14-12-21(13-15-23)24(16-17-26)25(19-27,22-10-6-3-7-11-22)29-18-20-8-4-2-5-9-20/h2-15,24,26-27H,16-19H2,1H3/t24-,25+/m0/s1. The molecule has 0 aromatic heterocycles. The predicted molar refractivity (Wildman–Crippen MR) is 114 cm³/mol. The van der Waals surface area contributed by atoms with E-state index in [-0.39, 0.29) is 19.1 Å². The van der Waals surface area contributed by atoms with Crippen LogP contribution in [0.2, 0.25) is 0 Å². The molecule has 3 aromatic rings. The largest absolute Gasteiger partial charge is 0.497 e. The lowest BCUT2D eigenvalue weighted by molar-refractivity contribution is -0.116. The number of hydrogen-bond donors (Lipinski definition) is 2. The minimum Gasteiger partial charge on any atom is -0.497 e. The van der Waals surface area contributed by atoms with E-state index in [1.165, 1.54) is 0 Å². The Hall–Kier alpha value is -2.66. The van der Waals surface area contributed by atoms with Crippen LogP contribution >= 0.6 is 0 Å². The topological polar surface area (TPSA) is 58.9 Å². The molecule has 0 aliphatic carbocycles. The third-order valence-electron chi connectivity index (χ3n) is 5.34. The highest BCUT2D eigenvalue weighted by molar-refractivity contribution is 5.35. The Bertz CT molecular complexity index is 849. The average molecular weight is 392 g/mol. The lowest BCUT2D eigenvalue weighted by atomic mass is 9.75. The highest BCUT2D eigenvalue weighted by Crippen LogP contribution is 2.43. The average Bonchev–Trinajstić information content (AvgIpc) is 2.80. The molecule has 0 amide bonds. The van der Waals surface area contributed by atoms with Crippen molar-refractivity contribution in [3.8, 4) is 5.75 Å². The molecule has 2 atom stereocenters. The minimum atomic E-state index is -0.992. The van der Waals surface area contributed by atoms with Crippen molar-refractivity contribution < 1.29 is 19.7 Å². The number of aliphatic hydroxyl groups is 2. The monoisotopic (exact) mass is 392 g/mol. The molecule has 0 fully saturated rings. The molecule has 2 N–H and O–H groups in total. The molecule has 4 heteroatoms. The molecule has 4 nitrogen and oxygen atoms in total. The number of hydrogen-bond acceptors (Lipinski definition) is 4. The Kier molecular flexibility index (Phi) is 7.42. The Morgan fingerprint density at radius 2 is 1.45 bits per heavy atom. The summed E-state index contributed by atoms with van der Waals surface area (Å²) in [6.07, 6.45) is 0.455. The first-order valence-corrected chi connectivity index (χ1v) is 9.82. The van der Waals surface area contributed by atoms with E-state index in [4.69, 9.17) is 9.47 Å². The van der Waals surface area contributed by atoms with E-state index >= 15 is 0 Å². The summed E-state index contributed by atoms with van der Waals surface area (Å²) in [6.45, 7) is 0.134. The van der Waals surface area contributed by atoms with Crippen LogP contribution in [0.3, 0.4) is 0 Å². The van der Waals surface area contributed by atoms with Gasteiger partial charge in [0.05, 0.1) is 20.3 Å². The van der Waals surface area contributed by atoms with E-state index in [1.807, 2.05) is 84.9 Å². The van der Waals surface area contributed by atoms with E-state index in [1.54, 1.807) is 7.11 Å². The zero-order valence-corrected chi connectivity index (χ0v) is 16.7. The number of methoxy groups -OCH3 is 1. The van der Waals surface area contributed by atoms with Crippen molar-refractivity contribution in [3.05, 3.63) is 102 Å². The fourth-order valence-corrected chi connectivity index (χ4v) is 3.77. The predicted octanol–water partition coefficient (Wildman–Crippen LogP) is 4.27. The van der Waals surface area contributed by atoms with Crippen LogP contribution in [0, 0.1) is 0 Å². The van der Waals surface area contributed by atoms with Crippen LogP contribution in [0.1, 0.15) is 29.0 Å². The highest BCUT2D eigenvalue weighted by Gasteiger charge is 2.42. The second-order valence-electron chi connectivity index (χ2n) is 7.03. The maximum absolute atomic E-state index is 10.6. The molecule has 0 unspecified atom stereocenters. The second-order valence-corrected chi connectivity index (χ2v) is 7.03. The first kappa shape index (κ1) is 21.1. The lowest BCUT2D eigenvalue weighted by Crippen LogP contribution is -2.41. The molecule has 29 heavy (non-hydrogen) atoms. The van der Waals surface area contributed by atoms with E-state index in [0.717, 1.165) is 22.4 Å².